The number of nitrogens with two attached hydrogens (primary N) is 1. The minimum absolute atomic E-state index is 0.0985. The summed E-state index contributed by atoms with van der Waals surface area (Å²) in [5, 5.41) is 19.4. The Morgan fingerprint density at radius 2 is 2.29 bits per heavy atom. The summed E-state index contributed by atoms with van der Waals surface area (Å²) in [5.41, 5.74) is 4.57. The molecule has 1 aromatic rings. The van der Waals surface area contributed by atoms with Crippen molar-refractivity contribution in [2.24, 2.45) is 17.6 Å². The Labute approximate surface area is 105 Å². The van der Waals surface area contributed by atoms with Gasteiger partial charge in [0.15, 0.2) is 0 Å². The van der Waals surface area contributed by atoms with Gasteiger partial charge in [0.2, 0.25) is 0 Å². The van der Waals surface area contributed by atoms with Gasteiger partial charge in [-0.25, -0.2) is 0 Å². The SMILES string of the molecule is CC1CC1C(O)Cc1cccs1.NCC(=O)O. The van der Waals surface area contributed by atoms with Crippen LogP contribution in [0.3, 0.4) is 0 Å². The van der Waals surface area contributed by atoms with Crippen LogP contribution in [0, 0.1) is 11.8 Å². The van der Waals surface area contributed by atoms with Crippen molar-refractivity contribution >= 4 is 17.3 Å². The van der Waals surface area contributed by atoms with E-state index in [1.54, 1.807) is 11.3 Å². The molecule has 1 aliphatic carbocycles. The molecular formula is C12H19NO3S. The highest BCUT2D eigenvalue weighted by Crippen LogP contribution is 2.41. The average molecular weight is 257 g/mol. The summed E-state index contributed by atoms with van der Waals surface area (Å²) in [7, 11) is 0. The summed E-state index contributed by atoms with van der Waals surface area (Å²) in [6.45, 7) is 1.93. The molecule has 2 rings (SSSR count). The lowest BCUT2D eigenvalue weighted by Crippen LogP contribution is -2.12. The van der Waals surface area contributed by atoms with Crippen molar-refractivity contribution in [3.63, 3.8) is 0 Å². The Balaban J connectivity index is 0.000000249. The van der Waals surface area contributed by atoms with Crippen LogP contribution >= 0.6 is 11.3 Å². The first-order chi connectivity index (χ1) is 8.04. The van der Waals surface area contributed by atoms with Gasteiger partial charge in [-0.1, -0.05) is 13.0 Å². The molecule has 96 valence electrons. The van der Waals surface area contributed by atoms with Gasteiger partial charge in [-0.05, 0) is 29.7 Å². The number of carbonyl (C=O) groups is 1. The predicted molar refractivity (Wildman–Crippen MR) is 68.0 cm³/mol. The van der Waals surface area contributed by atoms with E-state index >= 15 is 0 Å². The van der Waals surface area contributed by atoms with Gasteiger partial charge in [-0.15, -0.1) is 11.3 Å². The van der Waals surface area contributed by atoms with Crippen molar-refractivity contribution in [3.8, 4) is 0 Å². The van der Waals surface area contributed by atoms with Crippen molar-refractivity contribution in [3.05, 3.63) is 22.4 Å². The first-order valence-electron chi connectivity index (χ1n) is 5.67. The molecule has 1 aliphatic rings. The van der Waals surface area contributed by atoms with Crippen molar-refractivity contribution in [1.82, 2.24) is 0 Å². The standard InChI is InChI=1S/C10H14OS.C2H5NO2/c1-7-5-9(7)10(11)6-8-3-2-4-12-8;3-1-2(4)5/h2-4,7,9-11H,5-6H2,1H3;1,3H2,(H,4,5). The molecule has 1 saturated carbocycles. The zero-order valence-corrected chi connectivity index (χ0v) is 10.7. The van der Waals surface area contributed by atoms with Crippen LogP contribution < -0.4 is 5.73 Å². The van der Waals surface area contributed by atoms with E-state index in [1.165, 1.54) is 11.3 Å². The smallest absolute Gasteiger partial charge is 0.317 e. The van der Waals surface area contributed by atoms with Crippen LogP contribution in [-0.4, -0.2) is 28.8 Å². The highest BCUT2D eigenvalue weighted by molar-refractivity contribution is 7.09. The van der Waals surface area contributed by atoms with Crippen LogP contribution in [0.4, 0.5) is 0 Å². The highest BCUT2D eigenvalue weighted by Gasteiger charge is 2.38. The molecule has 0 spiro atoms. The molecule has 5 heteroatoms. The second kappa shape index (κ2) is 6.74. The van der Waals surface area contributed by atoms with E-state index in [-0.39, 0.29) is 12.6 Å². The maximum absolute atomic E-state index is 9.74. The molecule has 4 N–H and O–H groups in total. The lowest BCUT2D eigenvalue weighted by Gasteiger charge is -2.06. The molecule has 0 saturated heterocycles. The van der Waals surface area contributed by atoms with Gasteiger partial charge in [0.1, 0.15) is 0 Å². The van der Waals surface area contributed by atoms with Crippen LogP contribution in [0.5, 0.6) is 0 Å². The third-order valence-corrected chi connectivity index (χ3v) is 3.73. The molecule has 0 aliphatic heterocycles. The summed E-state index contributed by atoms with van der Waals surface area (Å²) in [6, 6.07) is 4.14. The van der Waals surface area contributed by atoms with E-state index in [9.17, 15) is 9.90 Å². The molecule has 0 amide bonds. The number of carboxylic acids is 1. The Kier molecular flexibility index (Phi) is 5.61. The van der Waals surface area contributed by atoms with Gasteiger partial charge in [-0.3, -0.25) is 4.79 Å². The first kappa shape index (κ1) is 14.2. The number of aliphatic hydroxyl groups excluding tert-OH is 1. The van der Waals surface area contributed by atoms with E-state index in [1.807, 2.05) is 6.07 Å². The number of rotatable bonds is 4. The fourth-order valence-electron chi connectivity index (χ4n) is 1.67. The van der Waals surface area contributed by atoms with Crippen LogP contribution in [0.25, 0.3) is 0 Å². The fourth-order valence-corrected chi connectivity index (χ4v) is 2.43. The Morgan fingerprint density at radius 3 is 2.65 bits per heavy atom. The van der Waals surface area contributed by atoms with Crippen LogP contribution in [0.2, 0.25) is 0 Å². The van der Waals surface area contributed by atoms with Crippen molar-refractivity contribution in [1.29, 1.82) is 0 Å². The summed E-state index contributed by atoms with van der Waals surface area (Å²) in [5.74, 6) is 0.358. The Morgan fingerprint density at radius 1 is 1.71 bits per heavy atom. The maximum Gasteiger partial charge on any atom is 0.317 e. The van der Waals surface area contributed by atoms with Crippen molar-refractivity contribution in [2.75, 3.05) is 6.54 Å². The van der Waals surface area contributed by atoms with Crippen LogP contribution in [-0.2, 0) is 11.2 Å². The third kappa shape index (κ3) is 5.30. The molecule has 0 aromatic carbocycles. The second-order valence-corrected chi connectivity index (χ2v) is 5.36. The maximum atomic E-state index is 9.74. The van der Waals surface area contributed by atoms with Gasteiger partial charge in [0, 0.05) is 11.3 Å². The Bertz CT molecular complexity index is 340. The van der Waals surface area contributed by atoms with E-state index in [0.29, 0.717) is 5.92 Å². The van der Waals surface area contributed by atoms with Crippen LogP contribution in [0.15, 0.2) is 17.5 Å². The molecule has 3 unspecified atom stereocenters. The molecule has 3 atom stereocenters. The average Bonchev–Trinajstić information content (AvgIpc) is 2.80. The molecule has 1 heterocycles. The fraction of sp³-hybridized carbons (Fsp3) is 0.583. The van der Waals surface area contributed by atoms with Gasteiger partial charge in [0.05, 0.1) is 12.6 Å². The largest absolute Gasteiger partial charge is 0.480 e. The van der Waals surface area contributed by atoms with Gasteiger partial charge in [0.25, 0.3) is 0 Å². The normalized spacial score (nSPS) is 23.5. The molecule has 17 heavy (non-hydrogen) atoms. The monoisotopic (exact) mass is 257 g/mol. The minimum Gasteiger partial charge on any atom is -0.480 e. The topological polar surface area (TPSA) is 83.5 Å². The van der Waals surface area contributed by atoms with Gasteiger partial charge < -0.3 is 15.9 Å². The number of hydrogen-bond donors (Lipinski definition) is 3. The number of thiophene rings is 1. The lowest BCUT2D eigenvalue weighted by atomic mass is 10.1. The number of carboxylic acid groups (broad SMARTS) is 1. The van der Waals surface area contributed by atoms with Crippen LogP contribution in [0.1, 0.15) is 18.2 Å². The first-order valence-corrected chi connectivity index (χ1v) is 6.54. The molecule has 1 aromatic heterocycles. The zero-order valence-electron chi connectivity index (χ0n) is 9.87. The summed E-state index contributed by atoms with van der Waals surface area (Å²) in [4.78, 5) is 10.6. The van der Waals surface area contributed by atoms with Crippen molar-refractivity contribution in [2.45, 2.75) is 25.9 Å². The van der Waals surface area contributed by atoms with E-state index in [0.717, 1.165) is 12.3 Å². The number of hydrogen-bond acceptors (Lipinski definition) is 4. The van der Waals surface area contributed by atoms with E-state index < -0.39 is 5.97 Å². The lowest BCUT2D eigenvalue weighted by molar-refractivity contribution is -0.135. The second-order valence-electron chi connectivity index (χ2n) is 4.33. The number of aliphatic carboxylic acids is 1. The van der Waals surface area contributed by atoms with Crippen molar-refractivity contribution < 1.29 is 15.0 Å². The summed E-state index contributed by atoms with van der Waals surface area (Å²) >= 11 is 1.74. The predicted octanol–water partition coefficient (Wildman–Crippen LogP) is 1.34. The Hall–Kier alpha value is -0.910. The zero-order chi connectivity index (χ0) is 12.8. The minimum atomic E-state index is -0.968. The summed E-state index contributed by atoms with van der Waals surface area (Å²) < 4.78 is 0. The molecule has 0 bridgehead atoms. The quantitative estimate of drug-likeness (QED) is 0.760. The van der Waals surface area contributed by atoms with Gasteiger partial charge >= 0.3 is 5.97 Å². The molecule has 4 nitrogen and oxygen atoms in total. The molecule has 1 fully saturated rings. The van der Waals surface area contributed by atoms with E-state index in [4.69, 9.17) is 5.11 Å². The molecule has 0 radical (unpaired) electrons. The third-order valence-electron chi connectivity index (χ3n) is 2.83. The van der Waals surface area contributed by atoms with E-state index in [2.05, 4.69) is 24.1 Å². The summed E-state index contributed by atoms with van der Waals surface area (Å²) in [6.07, 6.45) is 1.97. The van der Waals surface area contributed by atoms with Gasteiger partial charge in [-0.2, -0.15) is 0 Å². The highest BCUT2D eigenvalue weighted by atomic mass is 32.1. The number of aliphatic hydroxyl groups is 1. The molecular weight excluding hydrogens is 238 g/mol.